The van der Waals surface area contributed by atoms with E-state index in [1.807, 2.05) is 52.9 Å². The Kier molecular flexibility index (Phi) is 7.35. The van der Waals surface area contributed by atoms with E-state index in [2.05, 4.69) is 22.2 Å². The number of carbonyl (C=O) groups excluding carboxylic acids is 1. The van der Waals surface area contributed by atoms with Crippen molar-refractivity contribution in [1.82, 2.24) is 9.55 Å². The lowest BCUT2D eigenvalue weighted by atomic mass is 9.93. The van der Waals surface area contributed by atoms with Gasteiger partial charge in [0.15, 0.2) is 0 Å². The molecule has 0 radical (unpaired) electrons. The van der Waals surface area contributed by atoms with Crippen molar-refractivity contribution in [2.75, 3.05) is 12.0 Å². The van der Waals surface area contributed by atoms with Gasteiger partial charge in [0.1, 0.15) is 17.5 Å². The number of nitrogens with two attached hydrogens (primary N) is 1. The van der Waals surface area contributed by atoms with E-state index in [-0.39, 0.29) is 11.9 Å². The Morgan fingerprint density at radius 1 is 1.11 bits per heavy atom. The molecule has 1 aromatic heterocycles. The van der Waals surface area contributed by atoms with E-state index in [9.17, 15) is 4.79 Å². The molecular weight excluding hydrogens is 464 g/mol. The van der Waals surface area contributed by atoms with Gasteiger partial charge in [-0.1, -0.05) is 43.5 Å². The molecule has 0 bridgehead atoms. The van der Waals surface area contributed by atoms with Gasteiger partial charge in [0.25, 0.3) is 5.91 Å². The molecule has 192 valence electrons. The minimum atomic E-state index is -0.485. The van der Waals surface area contributed by atoms with Crippen molar-refractivity contribution < 1.29 is 9.53 Å². The molecule has 1 saturated carbocycles. The van der Waals surface area contributed by atoms with Crippen molar-refractivity contribution in [3.8, 4) is 11.4 Å². The maximum Gasteiger partial charge on any atom is 0.252 e. The first-order valence-corrected chi connectivity index (χ1v) is 13.0. The highest BCUT2D eigenvalue weighted by Gasteiger charge is 2.35. The summed E-state index contributed by atoms with van der Waals surface area (Å²) in [5.41, 5.74) is 5.28. The van der Waals surface area contributed by atoms with Crippen LogP contribution in [0.25, 0.3) is 5.69 Å². The Morgan fingerprint density at radius 2 is 1.92 bits per heavy atom. The molecule has 1 fully saturated rings. The van der Waals surface area contributed by atoms with Gasteiger partial charge in [-0.2, -0.15) is 5.10 Å². The molecule has 0 saturated heterocycles. The predicted molar refractivity (Wildman–Crippen MR) is 147 cm³/mol. The van der Waals surface area contributed by atoms with E-state index in [0.29, 0.717) is 17.9 Å². The number of aryl methyl sites for hydroxylation is 2. The summed E-state index contributed by atoms with van der Waals surface area (Å²) in [7, 11) is 1.63. The van der Waals surface area contributed by atoms with Crippen molar-refractivity contribution in [2.24, 2.45) is 15.9 Å². The molecule has 2 N–H and O–H groups in total. The molecule has 8 heteroatoms. The lowest BCUT2D eigenvalue weighted by Crippen LogP contribution is -2.45. The normalized spacial score (nSPS) is 19.2. The van der Waals surface area contributed by atoms with E-state index in [1.165, 1.54) is 12.0 Å². The van der Waals surface area contributed by atoms with Crippen molar-refractivity contribution in [1.29, 1.82) is 0 Å². The number of anilines is 1. The number of carbonyl (C=O) groups is 1. The van der Waals surface area contributed by atoms with Crippen molar-refractivity contribution in [3.05, 3.63) is 71.8 Å². The van der Waals surface area contributed by atoms with Crippen LogP contribution in [0.2, 0.25) is 0 Å². The Morgan fingerprint density at radius 3 is 2.65 bits per heavy atom. The number of amides is 1. The fourth-order valence-electron chi connectivity index (χ4n) is 5.45. The summed E-state index contributed by atoms with van der Waals surface area (Å²) in [6, 6.07) is 13.8. The van der Waals surface area contributed by atoms with Crippen LogP contribution in [0.15, 0.2) is 65.1 Å². The van der Waals surface area contributed by atoms with E-state index in [1.54, 1.807) is 19.7 Å². The molecular formula is C29H34N6O2. The van der Waals surface area contributed by atoms with Crippen LogP contribution in [0, 0.1) is 6.92 Å². The molecule has 5 rings (SSSR count). The standard InChI is InChI=1S/C29H34N6O2/c1-20-18-34(19-32-20)27-15-13-22(16-28(27)37-2)25(33-30)17-31-24-14-12-21-8-6-7-11-26(21)35(29(24)36)23-9-4-3-5-10-23/h6-8,11,13,15-19,23-24H,3-5,9-10,12,14,30H2,1-2H3. The van der Waals surface area contributed by atoms with Crippen LogP contribution < -0.4 is 15.5 Å². The van der Waals surface area contributed by atoms with E-state index < -0.39 is 6.04 Å². The second-order valence-corrected chi connectivity index (χ2v) is 9.78. The number of hydrogen-bond acceptors (Lipinski definition) is 6. The average molecular weight is 499 g/mol. The summed E-state index contributed by atoms with van der Waals surface area (Å²) in [6.45, 7) is 1.94. The molecule has 1 unspecified atom stereocenters. The van der Waals surface area contributed by atoms with Crippen LogP contribution in [-0.4, -0.2) is 46.6 Å². The number of hydrogen-bond donors (Lipinski definition) is 1. The van der Waals surface area contributed by atoms with Crippen LogP contribution in [0.5, 0.6) is 5.75 Å². The van der Waals surface area contributed by atoms with Crippen molar-refractivity contribution >= 4 is 23.5 Å². The van der Waals surface area contributed by atoms with Gasteiger partial charge in [-0.15, -0.1) is 0 Å². The van der Waals surface area contributed by atoms with Gasteiger partial charge in [0.05, 0.1) is 31.0 Å². The second kappa shape index (κ2) is 11.0. The number of fused-ring (bicyclic) bond motifs is 1. The number of imidazole rings is 1. The Bertz CT molecular complexity index is 1320. The molecule has 37 heavy (non-hydrogen) atoms. The number of hydrazone groups is 1. The summed E-state index contributed by atoms with van der Waals surface area (Å²) < 4.78 is 7.55. The predicted octanol–water partition coefficient (Wildman–Crippen LogP) is 4.60. The Labute approximate surface area is 217 Å². The zero-order valence-electron chi connectivity index (χ0n) is 21.5. The topological polar surface area (TPSA) is 98.1 Å². The van der Waals surface area contributed by atoms with Gasteiger partial charge in [-0.3, -0.25) is 9.79 Å². The minimum Gasteiger partial charge on any atom is -0.495 e. The third-order valence-electron chi connectivity index (χ3n) is 7.38. The number of benzene rings is 2. The average Bonchev–Trinajstić information content (AvgIpc) is 3.31. The largest absolute Gasteiger partial charge is 0.495 e. The summed E-state index contributed by atoms with van der Waals surface area (Å²) in [5, 5.41) is 3.99. The monoisotopic (exact) mass is 498 g/mol. The minimum absolute atomic E-state index is 0.0628. The van der Waals surface area contributed by atoms with Gasteiger partial charge >= 0.3 is 0 Å². The summed E-state index contributed by atoms with van der Waals surface area (Å²) >= 11 is 0. The first kappa shape index (κ1) is 24.7. The van der Waals surface area contributed by atoms with Gasteiger partial charge in [-0.25, -0.2) is 4.98 Å². The summed E-state index contributed by atoms with van der Waals surface area (Å²) in [6.07, 6.45) is 12.4. The van der Waals surface area contributed by atoms with Crippen LogP contribution in [0.4, 0.5) is 5.69 Å². The number of ether oxygens (including phenoxy) is 1. The number of methoxy groups -OCH3 is 1. The smallest absolute Gasteiger partial charge is 0.252 e. The molecule has 1 amide bonds. The Hall–Kier alpha value is -3.94. The lowest BCUT2D eigenvalue weighted by molar-refractivity contribution is -0.120. The number of aromatic nitrogens is 2. The molecule has 2 aliphatic rings. The van der Waals surface area contributed by atoms with Crippen molar-refractivity contribution in [3.63, 3.8) is 0 Å². The zero-order chi connectivity index (χ0) is 25.8. The fraction of sp³-hybridized carbons (Fsp3) is 0.379. The third-order valence-corrected chi connectivity index (χ3v) is 7.38. The molecule has 1 aliphatic heterocycles. The van der Waals surface area contributed by atoms with Crippen molar-refractivity contribution in [2.45, 2.75) is 64.0 Å². The number of rotatable bonds is 6. The SMILES string of the molecule is COc1cc(C(C=NC2CCc3ccccc3N(C3CCCCC3)C2=O)=NN)ccc1-n1cnc(C)c1. The molecule has 2 heterocycles. The Balaban J connectivity index is 1.41. The van der Waals surface area contributed by atoms with Crippen LogP contribution in [0.3, 0.4) is 0 Å². The number of nitrogens with zero attached hydrogens (tertiary/aromatic N) is 5. The highest BCUT2D eigenvalue weighted by Crippen LogP contribution is 2.34. The molecule has 8 nitrogen and oxygen atoms in total. The van der Waals surface area contributed by atoms with Gasteiger partial charge in [0, 0.05) is 23.5 Å². The maximum absolute atomic E-state index is 13.9. The molecule has 1 aliphatic carbocycles. The van der Waals surface area contributed by atoms with Gasteiger partial charge in [-0.05, 0) is 56.4 Å². The first-order chi connectivity index (χ1) is 18.1. The quantitative estimate of drug-likeness (QED) is 0.305. The van der Waals surface area contributed by atoms with Gasteiger partial charge < -0.3 is 20.0 Å². The van der Waals surface area contributed by atoms with Crippen LogP contribution >= 0.6 is 0 Å². The number of aliphatic imine (C=N–C) groups is 1. The highest BCUT2D eigenvalue weighted by molar-refractivity contribution is 6.38. The van der Waals surface area contributed by atoms with Gasteiger partial charge in [0.2, 0.25) is 0 Å². The second-order valence-electron chi connectivity index (χ2n) is 9.78. The molecule has 1 atom stereocenters. The maximum atomic E-state index is 13.9. The van der Waals surface area contributed by atoms with E-state index >= 15 is 0 Å². The fourth-order valence-corrected chi connectivity index (χ4v) is 5.45. The van der Waals surface area contributed by atoms with Crippen LogP contribution in [-0.2, 0) is 11.2 Å². The lowest BCUT2D eigenvalue weighted by Gasteiger charge is -2.35. The summed E-state index contributed by atoms with van der Waals surface area (Å²) in [5.74, 6) is 6.51. The van der Waals surface area contributed by atoms with E-state index in [0.717, 1.165) is 54.7 Å². The van der Waals surface area contributed by atoms with Crippen LogP contribution in [0.1, 0.15) is 55.3 Å². The zero-order valence-corrected chi connectivity index (χ0v) is 21.5. The number of para-hydroxylation sites is 1. The summed E-state index contributed by atoms with van der Waals surface area (Å²) in [4.78, 5) is 25.0. The van der Waals surface area contributed by atoms with E-state index in [4.69, 9.17) is 15.6 Å². The molecule has 3 aromatic rings. The molecule has 2 aromatic carbocycles. The highest BCUT2D eigenvalue weighted by atomic mass is 16.5. The molecule has 0 spiro atoms. The third kappa shape index (κ3) is 5.14. The first-order valence-electron chi connectivity index (χ1n) is 13.0.